The fourth-order valence-electron chi connectivity index (χ4n) is 2.21. The largest absolute Gasteiger partial charge is 0.449 e. The number of carbonyl (C=O) groups excluding carboxylic acids is 2. The minimum absolute atomic E-state index is 0.0257. The van der Waals surface area contributed by atoms with Crippen LogP contribution < -0.4 is 5.32 Å². The lowest BCUT2D eigenvalue weighted by Gasteiger charge is -2.12. The zero-order valence-corrected chi connectivity index (χ0v) is 16.2. The third-order valence-corrected chi connectivity index (χ3v) is 4.77. The van der Waals surface area contributed by atoms with Crippen molar-refractivity contribution in [3.63, 3.8) is 0 Å². The lowest BCUT2D eigenvalue weighted by Crippen LogP contribution is -2.30. The van der Waals surface area contributed by atoms with Gasteiger partial charge in [0.25, 0.3) is 5.91 Å². The third kappa shape index (κ3) is 4.69. The predicted molar refractivity (Wildman–Crippen MR) is 105 cm³/mol. The van der Waals surface area contributed by atoms with Crippen LogP contribution >= 0.6 is 22.9 Å². The number of hydrogen-bond donors (Lipinski definition) is 1. The first-order chi connectivity index (χ1) is 12.9. The summed E-state index contributed by atoms with van der Waals surface area (Å²) >= 11 is 7.16. The summed E-state index contributed by atoms with van der Waals surface area (Å²) in [6, 6.07) is 11.0. The van der Waals surface area contributed by atoms with Crippen molar-refractivity contribution in [3.05, 3.63) is 64.3 Å². The number of carbonyl (C=O) groups is 2. The molecule has 0 saturated heterocycles. The summed E-state index contributed by atoms with van der Waals surface area (Å²) in [5.74, 6) is -1.19. The van der Waals surface area contributed by atoms with Crippen molar-refractivity contribution >= 4 is 39.9 Å². The minimum atomic E-state index is -1.01. The number of nitrogens with zero attached hydrogens (tertiary/aromatic N) is 2. The Hall–Kier alpha value is -2.77. The first-order valence-electron chi connectivity index (χ1n) is 8.09. The van der Waals surface area contributed by atoms with Crippen molar-refractivity contribution in [1.82, 2.24) is 9.97 Å². The molecule has 6 nitrogen and oxygen atoms in total. The van der Waals surface area contributed by atoms with Gasteiger partial charge in [0.1, 0.15) is 5.15 Å². The number of anilines is 1. The molecule has 0 fully saturated rings. The molecule has 0 radical (unpaired) electrons. The number of nitrogens with one attached hydrogen (secondary N) is 1. The molecule has 2 heterocycles. The van der Waals surface area contributed by atoms with E-state index in [-0.39, 0.29) is 10.7 Å². The maximum atomic E-state index is 12.3. The van der Waals surface area contributed by atoms with Crippen LogP contribution in [0.2, 0.25) is 5.15 Å². The number of ether oxygens (including phenoxy) is 1. The monoisotopic (exact) mass is 401 g/mol. The highest BCUT2D eigenvalue weighted by molar-refractivity contribution is 7.14. The van der Waals surface area contributed by atoms with E-state index < -0.39 is 18.0 Å². The SMILES string of the molecule is Cc1ccc(-c2csc(NC(=O)C(C)OC(=O)c3cccnc3Cl)n2)cc1. The summed E-state index contributed by atoms with van der Waals surface area (Å²) in [5.41, 5.74) is 2.99. The van der Waals surface area contributed by atoms with Crippen LogP contribution in [0.25, 0.3) is 11.3 Å². The number of amides is 1. The number of aromatic nitrogens is 2. The number of hydrogen-bond acceptors (Lipinski definition) is 6. The van der Waals surface area contributed by atoms with Gasteiger partial charge in [-0.25, -0.2) is 14.8 Å². The molecule has 1 atom stereocenters. The summed E-state index contributed by atoms with van der Waals surface area (Å²) < 4.78 is 5.16. The summed E-state index contributed by atoms with van der Waals surface area (Å²) in [6.45, 7) is 3.49. The summed E-state index contributed by atoms with van der Waals surface area (Å²) in [5, 5.41) is 4.97. The molecule has 0 aliphatic rings. The van der Waals surface area contributed by atoms with Crippen molar-refractivity contribution in [3.8, 4) is 11.3 Å². The lowest BCUT2D eigenvalue weighted by atomic mass is 10.1. The van der Waals surface area contributed by atoms with E-state index in [0.29, 0.717) is 5.13 Å². The second-order valence-electron chi connectivity index (χ2n) is 5.78. The van der Waals surface area contributed by atoms with Crippen molar-refractivity contribution in [2.24, 2.45) is 0 Å². The first-order valence-corrected chi connectivity index (χ1v) is 9.34. The van der Waals surface area contributed by atoms with E-state index in [1.165, 1.54) is 30.5 Å². The fraction of sp³-hybridized carbons (Fsp3) is 0.158. The summed E-state index contributed by atoms with van der Waals surface area (Å²) in [6.07, 6.45) is 0.448. The Labute approximate surface area is 165 Å². The second-order valence-corrected chi connectivity index (χ2v) is 7.00. The molecule has 138 valence electrons. The molecule has 0 saturated carbocycles. The van der Waals surface area contributed by atoms with Crippen LogP contribution in [0.4, 0.5) is 5.13 Å². The lowest BCUT2D eigenvalue weighted by molar-refractivity contribution is -0.123. The molecular weight excluding hydrogens is 386 g/mol. The Morgan fingerprint density at radius 3 is 2.67 bits per heavy atom. The van der Waals surface area contributed by atoms with Crippen LogP contribution in [-0.2, 0) is 9.53 Å². The van der Waals surface area contributed by atoms with E-state index in [9.17, 15) is 9.59 Å². The Morgan fingerprint density at radius 2 is 1.96 bits per heavy atom. The van der Waals surface area contributed by atoms with Gasteiger partial charge in [0.15, 0.2) is 11.2 Å². The van der Waals surface area contributed by atoms with Crippen LogP contribution in [0, 0.1) is 6.92 Å². The van der Waals surface area contributed by atoms with Crippen molar-refractivity contribution in [2.45, 2.75) is 20.0 Å². The molecule has 0 aliphatic carbocycles. The van der Waals surface area contributed by atoms with Gasteiger partial charge in [-0.2, -0.15) is 0 Å². The quantitative estimate of drug-likeness (QED) is 0.507. The Bertz CT molecular complexity index is 972. The van der Waals surface area contributed by atoms with Crippen LogP contribution in [0.1, 0.15) is 22.8 Å². The zero-order chi connectivity index (χ0) is 19.4. The number of aryl methyl sites for hydroxylation is 1. The molecule has 27 heavy (non-hydrogen) atoms. The maximum Gasteiger partial charge on any atom is 0.342 e. The van der Waals surface area contributed by atoms with E-state index in [1.807, 2.05) is 36.6 Å². The van der Waals surface area contributed by atoms with Crippen molar-refractivity contribution in [2.75, 3.05) is 5.32 Å². The van der Waals surface area contributed by atoms with Gasteiger partial charge < -0.3 is 4.74 Å². The molecule has 1 N–H and O–H groups in total. The van der Waals surface area contributed by atoms with E-state index >= 15 is 0 Å². The van der Waals surface area contributed by atoms with Gasteiger partial charge in [0.2, 0.25) is 0 Å². The van der Waals surface area contributed by atoms with Crippen molar-refractivity contribution in [1.29, 1.82) is 0 Å². The average molecular weight is 402 g/mol. The Kier molecular flexibility index (Phi) is 5.83. The predicted octanol–water partition coefficient (Wildman–Crippen LogP) is 4.35. The molecule has 1 aromatic carbocycles. The van der Waals surface area contributed by atoms with Crippen LogP contribution in [0.5, 0.6) is 0 Å². The van der Waals surface area contributed by atoms with Crippen LogP contribution in [0.15, 0.2) is 48.0 Å². The average Bonchev–Trinajstić information content (AvgIpc) is 3.11. The van der Waals surface area contributed by atoms with Gasteiger partial charge in [0, 0.05) is 17.1 Å². The molecule has 8 heteroatoms. The highest BCUT2D eigenvalue weighted by Crippen LogP contribution is 2.25. The molecule has 0 bridgehead atoms. The molecule has 1 unspecified atom stereocenters. The Balaban J connectivity index is 1.62. The van der Waals surface area contributed by atoms with Crippen LogP contribution in [-0.4, -0.2) is 27.9 Å². The van der Waals surface area contributed by atoms with E-state index in [2.05, 4.69) is 15.3 Å². The zero-order valence-electron chi connectivity index (χ0n) is 14.6. The Morgan fingerprint density at radius 1 is 1.22 bits per heavy atom. The molecule has 0 aliphatic heterocycles. The smallest absolute Gasteiger partial charge is 0.342 e. The molecule has 2 aromatic heterocycles. The van der Waals surface area contributed by atoms with Gasteiger partial charge in [-0.1, -0.05) is 41.4 Å². The number of rotatable bonds is 5. The van der Waals surface area contributed by atoms with Gasteiger partial charge in [-0.15, -0.1) is 11.3 Å². The summed E-state index contributed by atoms with van der Waals surface area (Å²) in [4.78, 5) is 32.6. The van der Waals surface area contributed by atoms with Gasteiger partial charge in [-0.3, -0.25) is 10.1 Å². The molecule has 1 amide bonds. The molecule has 0 spiro atoms. The van der Waals surface area contributed by atoms with Gasteiger partial charge >= 0.3 is 5.97 Å². The molecule has 3 rings (SSSR count). The van der Waals surface area contributed by atoms with Gasteiger partial charge in [-0.05, 0) is 26.0 Å². The fourth-order valence-corrected chi connectivity index (χ4v) is 3.13. The third-order valence-electron chi connectivity index (χ3n) is 3.71. The van der Waals surface area contributed by atoms with Crippen molar-refractivity contribution < 1.29 is 14.3 Å². The van der Waals surface area contributed by atoms with E-state index in [4.69, 9.17) is 16.3 Å². The summed E-state index contributed by atoms with van der Waals surface area (Å²) in [7, 11) is 0. The number of pyridine rings is 1. The van der Waals surface area contributed by atoms with E-state index in [1.54, 1.807) is 6.07 Å². The highest BCUT2D eigenvalue weighted by Gasteiger charge is 2.21. The number of esters is 1. The number of halogens is 1. The normalized spacial score (nSPS) is 11.7. The molecular formula is C19H16ClN3O3S. The number of thiazole rings is 1. The van der Waals surface area contributed by atoms with Gasteiger partial charge in [0.05, 0.1) is 11.3 Å². The minimum Gasteiger partial charge on any atom is -0.449 e. The maximum absolute atomic E-state index is 12.3. The molecule has 3 aromatic rings. The van der Waals surface area contributed by atoms with Crippen LogP contribution in [0.3, 0.4) is 0 Å². The number of benzene rings is 1. The standard InChI is InChI=1S/C19H16ClN3O3S/c1-11-5-7-13(8-6-11)15-10-27-19(22-15)23-17(24)12(2)26-18(25)14-4-3-9-21-16(14)20/h3-10,12H,1-2H3,(H,22,23,24). The van der Waals surface area contributed by atoms with E-state index in [0.717, 1.165) is 16.8 Å². The highest BCUT2D eigenvalue weighted by atomic mass is 35.5. The second kappa shape index (κ2) is 8.28. The topological polar surface area (TPSA) is 81.2 Å². The first kappa shape index (κ1) is 19.0.